The predicted octanol–water partition coefficient (Wildman–Crippen LogP) is 1.04. The fourth-order valence-corrected chi connectivity index (χ4v) is 3.16. The van der Waals surface area contributed by atoms with Gasteiger partial charge >= 0.3 is 11.9 Å². The van der Waals surface area contributed by atoms with Gasteiger partial charge in [0, 0.05) is 16.6 Å². The van der Waals surface area contributed by atoms with Gasteiger partial charge in [-0.15, -0.1) is 0 Å². The summed E-state index contributed by atoms with van der Waals surface area (Å²) in [6.45, 7) is 3.42. The number of carbonyl (C=O) groups is 2. The summed E-state index contributed by atoms with van der Waals surface area (Å²) < 4.78 is 14.4. The van der Waals surface area contributed by atoms with Crippen LogP contribution in [0.1, 0.15) is 25.3 Å². The Kier molecular flexibility index (Phi) is 4.37. The van der Waals surface area contributed by atoms with Crippen LogP contribution in [0.15, 0.2) is 45.4 Å². The summed E-state index contributed by atoms with van der Waals surface area (Å²) in [5.74, 6) is -1.95. The summed E-state index contributed by atoms with van der Waals surface area (Å²) in [6.07, 6.45) is 0. The summed E-state index contributed by atoms with van der Waals surface area (Å²) >= 11 is 0. The Bertz CT molecular complexity index is 934. The summed E-state index contributed by atoms with van der Waals surface area (Å²) in [5, 5.41) is 18.4. The summed E-state index contributed by atoms with van der Waals surface area (Å²) in [4.78, 5) is 25.1. The number of nitrogens with zero attached hydrogens (tertiary/aromatic N) is 2. The maximum absolute atomic E-state index is 12.4. The molecule has 0 saturated carbocycles. The summed E-state index contributed by atoms with van der Waals surface area (Å²) in [7, 11) is 2.52. The quantitative estimate of drug-likeness (QED) is 0.638. The Morgan fingerprint density at radius 3 is 2.27 bits per heavy atom. The van der Waals surface area contributed by atoms with E-state index in [9.17, 15) is 14.8 Å². The predicted molar refractivity (Wildman–Crippen MR) is 88.3 cm³/mol. The number of dihydropyridines is 1. The number of fused-ring (bicyclic) bond motifs is 1. The van der Waals surface area contributed by atoms with Crippen LogP contribution >= 0.6 is 0 Å². The van der Waals surface area contributed by atoms with E-state index in [1.165, 1.54) is 20.3 Å². The minimum absolute atomic E-state index is 0.185. The van der Waals surface area contributed by atoms with Gasteiger partial charge in [-0.2, -0.15) is 0 Å². The third-order valence-electron chi connectivity index (χ3n) is 4.31. The van der Waals surface area contributed by atoms with E-state index in [-0.39, 0.29) is 21.6 Å². The maximum Gasteiger partial charge on any atom is 0.336 e. The second-order valence-corrected chi connectivity index (χ2v) is 5.80. The molecule has 0 atom stereocenters. The SMILES string of the molecule is COC(=O)C1=C(C)NC(C)=C(C(=O)OC)C1c1ccc2no[n+]([O-])c2c1. The molecule has 9 heteroatoms. The first kappa shape index (κ1) is 17.5. The highest BCUT2D eigenvalue weighted by Gasteiger charge is 2.38. The van der Waals surface area contributed by atoms with Crippen molar-refractivity contribution in [3.63, 3.8) is 0 Å². The normalized spacial score (nSPS) is 15.2. The molecule has 1 aliphatic heterocycles. The van der Waals surface area contributed by atoms with Gasteiger partial charge in [0.05, 0.1) is 31.3 Å². The van der Waals surface area contributed by atoms with Crippen LogP contribution in [0.25, 0.3) is 11.0 Å². The van der Waals surface area contributed by atoms with Crippen LogP contribution < -0.4 is 10.2 Å². The molecule has 1 aromatic heterocycles. The molecule has 0 fully saturated rings. The van der Waals surface area contributed by atoms with Gasteiger partial charge in [0.15, 0.2) is 0 Å². The molecule has 1 aromatic carbocycles. The van der Waals surface area contributed by atoms with Crippen molar-refractivity contribution in [1.82, 2.24) is 10.5 Å². The summed E-state index contributed by atoms with van der Waals surface area (Å²) in [6, 6.07) is 4.79. The third-order valence-corrected chi connectivity index (χ3v) is 4.31. The number of allylic oxidation sites excluding steroid dienone is 2. The molecule has 0 spiro atoms. The van der Waals surface area contributed by atoms with Gasteiger partial charge < -0.3 is 20.0 Å². The largest absolute Gasteiger partial charge is 0.466 e. The van der Waals surface area contributed by atoms with Crippen LogP contribution in [-0.4, -0.2) is 31.3 Å². The van der Waals surface area contributed by atoms with Crippen LogP contribution in [0, 0.1) is 5.21 Å². The van der Waals surface area contributed by atoms with Gasteiger partial charge in [0.1, 0.15) is 0 Å². The molecule has 3 rings (SSSR count). The van der Waals surface area contributed by atoms with E-state index < -0.39 is 17.9 Å². The highest BCUT2D eigenvalue weighted by Crippen LogP contribution is 2.39. The van der Waals surface area contributed by atoms with Crippen LogP contribution in [0.5, 0.6) is 0 Å². The number of hydrogen-bond acceptors (Lipinski definition) is 8. The van der Waals surface area contributed by atoms with Crippen LogP contribution in [-0.2, 0) is 19.1 Å². The molecule has 1 N–H and O–H groups in total. The van der Waals surface area contributed by atoms with Crippen molar-refractivity contribution in [1.29, 1.82) is 0 Å². The number of benzene rings is 1. The highest BCUT2D eigenvalue weighted by atomic mass is 16.8. The molecule has 2 heterocycles. The molecule has 136 valence electrons. The van der Waals surface area contributed by atoms with Crippen molar-refractivity contribution in [3.8, 4) is 0 Å². The van der Waals surface area contributed by atoms with E-state index in [1.54, 1.807) is 26.0 Å². The number of esters is 2. The van der Waals surface area contributed by atoms with Crippen molar-refractivity contribution < 1.29 is 28.6 Å². The van der Waals surface area contributed by atoms with Gasteiger partial charge in [-0.1, -0.05) is 6.07 Å². The van der Waals surface area contributed by atoms with Crippen molar-refractivity contribution in [2.45, 2.75) is 19.8 Å². The van der Waals surface area contributed by atoms with Crippen LogP contribution in [0.3, 0.4) is 0 Å². The first-order valence-corrected chi connectivity index (χ1v) is 7.73. The molecule has 0 unspecified atom stereocenters. The first-order valence-electron chi connectivity index (χ1n) is 7.73. The number of ether oxygens (including phenoxy) is 2. The Hall–Kier alpha value is -3.36. The molecule has 0 radical (unpaired) electrons. The fourth-order valence-electron chi connectivity index (χ4n) is 3.16. The van der Waals surface area contributed by atoms with Gasteiger partial charge in [-0.25, -0.2) is 9.59 Å². The van der Waals surface area contributed by atoms with E-state index >= 15 is 0 Å². The Morgan fingerprint density at radius 2 is 1.73 bits per heavy atom. The van der Waals surface area contributed by atoms with E-state index in [0.717, 1.165) is 0 Å². The second kappa shape index (κ2) is 6.51. The number of carbonyl (C=O) groups excluding carboxylic acids is 2. The average Bonchev–Trinajstić information content (AvgIpc) is 3.00. The lowest BCUT2D eigenvalue weighted by atomic mass is 9.80. The number of hydrogen-bond donors (Lipinski definition) is 1. The lowest BCUT2D eigenvalue weighted by Crippen LogP contribution is -2.32. The average molecular weight is 359 g/mol. The molecule has 0 saturated heterocycles. The molecule has 0 amide bonds. The van der Waals surface area contributed by atoms with E-state index in [2.05, 4.69) is 15.1 Å². The zero-order valence-corrected chi connectivity index (χ0v) is 14.7. The molecule has 2 aromatic rings. The van der Waals surface area contributed by atoms with Crippen molar-refractivity contribution in [2.75, 3.05) is 14.2 Å². The smallest absolute Gasteiger partial charge is 0.336 e. The third kappa shape index (κ3) is 2.67. The van der Waals surface area contributed by atoms with Crippen molar-refractivity contribution in [2.24, 2.45) is 0 Å². The van der Waals surface area contributed by atoms with E-state index in [1.807, 2.05) is 0 Å². The number of aromatic nitrogens is 2. The fraction of sp³-hybridized carbons (Fsp3) is 0.294. The number of methoxy groups -OCH3 is 2. The Morgan fingerprint density at radius 1 is 1.15 bits per heavy atom. The zero-order chi connectivity index (χ0) is 19.0. The number of nitrogens with one attached hydrogen (secondary N) is 1. The van der Waals surface area contributed by atoms with Gasteiger partial charge in [0.2, 0.25) is 11.0 Å². The Balaban J connectivity index is 2.26. The topological polar surface area (TPSA) is 118 Å². The van der Waals surface area contributed by atoms with Crippen molar-refractivity contribution >= 4 is 23.0 Å². The lowest BCUT2D eigenvalue weighted by Gasteiger charge is -2.29. The Labute approximate surface area is 148 Å². The van der Waals surface area contributed by atoms with Crippen LogP contribution in [0.4, 0.5) is 0 Å². The van der Waals surface area contributed by atoms with E-state index in [0.29, 0.717) is 22.5 Å². The van der Waals surface area contributed by atoms with Gasteiger partial charge in [-0.05, 0) is 36.4 Å². The standard InChI is InChI=1S/C17H17N3O6/c1-8-13(16(21)24-3)15(14(9(2)18-8)17(22)25-4)10-5-6-11-12(7-10)20(23)26-19-11/h5-7,15,18H,1-4H3. The van der Waals surface area contributed by atoms with E-state index in [4.69, 9.17) is 9.47 Å². The number of rotatable bonds is 3. The van der Waals surface area contributed by atoms with Crippen molar-refractivity contribution in [3.05, 3.63) is 51.5 Å². The van der Waals surface area contributed by atoms with Crippen LogP contribution in [0.2, 0.25) is 0 Å². The van der Waals surface area contributed by atoms with Gasteiger partial charge in [-0.3, -0.25) is 4.63 Å². The molecule has 0 bridgehead atoms. The minimum Gasteiger partial charge on any atom is -0.466 e. The first-order chi connectivity index (χ1) is 12.4. The highest BCUT2D eigenvalue weighted by molar-refractivity contribution is 6.00. The molecule has 9 nitrogen and oxygen atoms in total. The zero-order valence-electron chi connectivity index (χ0n) is 14.7. The molecule has 1 aliphatic rings. The maximum atomic E-state index is 12.4. The van der Waals surface area contributed by atoms with Gasteiger partial charge in [0.25, 0.3) is 0 Å². The second-order valence-electron chi connectivity index (χ2n) is 5.80. The molecule has 0 aliphatic carbocycles. The molecule has 26 heavy (non-hydrogen) atoms. The lowest BCUT2D eigenvalue weighted by molar-refractivity contribution is -0.782. The molecular weight excluding hydrogens is 342 g/mol. The monoisotopic (exact) mass is 359 g/mol. The summed E-state index contributed by atoms with van der Waals surface area (Å²) in [5.41, 5.74) is 2.69. The minimum atomic E-state index is -0.768. The molecular formula is C17H17N3O6.